The fourth-order valence-corrected chi connectivity index (χ4v) is 3.39. The monoisotopic (exact) mass is 395 g/mol. The van der Waals surface area contributed by atoms with Gasteiger partial charge in [0.25, 0.3) is 0 Å². The molecule has 0 bridgehead atoms. The molecule has 2 aromatic carbocycles. The normalized spacial score (nSPS) is 26.6. The lowest BCUT2D eigenvalue weighted by molar-refractivity contribution is -0.928. The summed E-state index contributed by atoms with van der Waals surface area (Å²) < 4.78 is 0.780. The van der Waals surface area contributed by atoms with Gasteiger partial charge in [-0.15, -0.1) is 0 Å². The summed E-state index contributed by atoms with van der Waals surface area (Å²) in [5.74, 6) is 0. The van der Waals surface area contributed by atoms with Crippen LogP contribution in [0.25, 0.3) is 0 Å². The molecule has 2 aromatic rings. The maximum atomic E-state index is 11.4. The molecule has 21 heavy (non-hydrogen) atoms. The first-order chi connectivity index (χ1) is 9.45. The number of benzene rings is 2. The quantitative estimate of drug-likeness (QED) is 0.536. The Bertz CT molecular complexity index is 626. The number of hydrogen-bond donors (Lipinski definition) is 1. The lowest BCUT2D eigenvalue weighted by Gasteiger charge is -2.48. The van der Waals surface area contributed by atoms with Gasteiger partial charge in [0.2, 0.25) is 0 Å². The zero-order chi connectivity index (χ0) is 14.4. The number of rotatable bonds is 1. The first-order valence-electron chi connectivity index (χ1n) is 7.15. The van der Waals surface area contributed by atoms with Gasteiger partial charge in [-0.3, -0.25) is 0 Å². The van der Waals surface area contributed by atoms with Crippen LogP contribution in [0, 0.1) is 0 Å². The van der Waals surface area contributed by atoms with Crippen molar-refractivity contribution in [2.45, 2.75) is 18.6 Å². The van der Waals surface area contributed by atoms with Crippen LogP contribution in [0.1, 0.15) is 29.7 Å². The summed E-state index contributed by atoms with van der Waals surface area (Å²) in [7, 11) is 4.38. The second kappa shape index (κ2) is 5.71. The highest BCUT2D eigenvalue weighted by molar-refractivity contribution is 5.43. The number of nitrogens with zero attached hydrogens (tertiary/aromatic N) is 1. The van der Waals surface area contributed by atoms with Crippen molar-refractivity contribution in [1.82, 2.24) is 0 Å². The number of aliphatic hydroxyl groups is 1. The molecule has 0 aromatic heterocycles. The van der Waals surface area contributed by atoms with E-state index in [-0.39, 0.29) is 24.0 Å². The van der Waals surface area contributed by atoms with Crippen LogP contribution in [0.4, 0.5) is 0 Å². The molecular weight excluding hydrogens is 373 g/mol. The minimum Gasteiger partial charge on any atom is -1.00 e. The Balaban J connectivity index is 0.00000161. The number of quaternary nitrogens is 1. The molecule has 3 rings (SSSR count). The Kier molecular flexibility index (Phi) is 4.47. The minimum absolute atomic E-state index is 0. The van der Waals surface area contributed by atoms with Crippen molar-refractivity contribution in [3.05, 3.63) is 71.3 Å². The first kappa shape index (κ1) is 16.5. The lowest BCUT2D eigenvalue weighted by atomic mass is 9.77. The molecule has 0 spiro atoms. The Morgan fingerprint density at radius 3 is 2.24 bits per heavy atom. The van der Waals surface area contributed by atoms with Gasteiger partial charge in [0.15, 0.2) is 5.60 Å². The maximum absolute atomic E-state index is 11.4. The van der Waals surface area contributed by atoms with E-state index in [9.17, 15) is 5.11 Å². The highest BCUT2D eigenvalue weighted by Crippen LogP contribution is 2.44. The molecule has 0 saturated heterocycles. The molecule has 1 aliphatic rings. The van der Waals surface area contributed by atoms with Gasteiger partial charge < -0.3 is 33.6 Å². The van der Waals surface area contributed by atoms with E-state index in [4.69, 9.17) is 0 Å². The minimum atomic E-state index is -0.909. The fraction of sp³-hybridized carbons (Fsp3) is 0.333. The van der Waals surface area contributed by atoms with E-state index in [1.807, 2.05) is 36.4 Å². The van der Waals surface area contributed by atoms with Gasteiger partial charge in [0.05, 0.1) is 14.1 Å². The van der Waals surface area contributed by atoms with Crippen molar-refractivity contribution >= 4 is 0 Å². The van der Waals surface area contributed by atoms with Crippen molar-refractivity contribution in [1.29, 1.82) is 0 Å². The number of halogens is 1. The van der Waals surface area contributed by atoms with Crippen molar-refractivity contribution in [3.63, 3.8) is 0 Å². The van der Waals surface area contributed by atoms with Crippen LogP contribution < -0.4 is 24.0 Å². The summed E-state index contributed by atoms with van der Waals surface area (Å²) in [5.41, 5.74) is 2.37. The molecule has 0 saturated carbocycles. The third-order valence-electron chi connectivity index (χ3n) is 4.79. The average molecular weight is 395 g/mol. The third-order valence-corrected chi connectivity index (χ3v) is 4.79. The summed E-state index contributed by atoms with van der Waals surface area (Å²) in [6.07, 6.45) is 0. The highest BCUT2D eigenvalue weighted by Gasteiger charge is 2.47. The predicted molar refractivity (Wildman–Crippen MR) is 81.3 cm³/mol. The van der Waals surface area contributed by atoms with Gasteiger partial charge in [-0.05, 0) is 12.5 Å². The van der Waals surface area contributed by atoms with E-state index >= 15 is 0 Å². The second-order valence-corrected chi connectivity index (χ2v) is 6.43. The second-order valence-electron chi connectivity index (χ2n) is 6.43. The molecule has 0 amide bonds. The molecule has 3 heteroatoms. The number of likely N-dealkylation sites (N-methyl/N-ethyl adjacent to an activating group) is 1. The molecule has 0 radical (unpaired) electrons. The van der Waals surface area contributed by atoms with Gasteiger partial charge >= 0.3 is 0 Å². The van der Waals surface area contributed by atoms with Crippen LogP contribution in [-0.4, -0.2) is 30.2 Å². The standard InChI is InChI=1S/C18H22NO.HI/c1-14-16-11-7-8-12-17(16)18(20,13-19(14,2)3)15-9-5-4-6-10-15;/h4-12,14,20H,13H2,1-3H3;1H/q+1;/p-1/t14-,18-;/m1./s1. The Morgan fingerprint density at radius 2 is 1.57 bits per heavy atom. The number of hydrogen-bond acceptors (Lipinski definition) is 1. The van der Waals surface area contributed by atoms with Crippen molar-refractivity contribution in [2.75, 3.05) is 20.6 Å². The van der Waals surface area contributed by atoms with Crippen molar-refractivity contribution in [2.24, 2.45) is 0 Å². The van der Waals surface area contributed by atoms with Gasteiger partial charge in [0, 0.05) is 11.1 Å². The van der Waals surface area contributed by atoms with E-state index in [0.717, 1.165) is 15.6 Å². The van der Waals surface area contributed by atoms with Crippen LogP contribution in [0.3, 0.4) is 0 Å². The predicted octanol–water partition coefficient (Wildman–Crippen LogP) is 0.0775. The van der Waals surface area contributed by atoms with Crippen LogP contribution in [0.5, 0.6) is 0 Å². The van der Waals surface area contributed by atoms with Gasteiger partial charge in [0.1, 0.15) is 12.6 Å². The van der Waals surface area contributed by atoms with E-state index < -0.39 is 5.60 Å². The molecule has 0 aliphatic carbocycles. The Hall–Kier alpha value is -0.910. The number of fused-ring (bicyclic) bond motifs is 1. The van der Waals surface area contributed by atoms with Crippen LogP contribution in [0.15, 0.2) is 54.6 Å². The molecule has 1 heterocycles. The van der Waals surface area contributed by atoms with Crippen LogP contribution in [0.2, 0.25) is 0 Å². The average Bonchev–Trinajstić information content (AvgIpc) is 2.46. The van der Waals surface area contributed by atoms with E-state index in [1.54, 1.807) is 0 Å². The molecular formula is C18H22INO. The summed E-state index contributed by atoms with van der Waals surface area (Å²) in [6.45, 7) is 2.93. The van der Waals surface area contributed by atoms with Gasteiger partial charge in [-0.2, -0.15) is 0 Å². The first-order valence-corrected chi connectivity index (χ1v) is 7.15. The molecule has 1 aliphatic heterocycles. The third kappa shape index (κ3) is 2.62. The van der Waals surface area contributed by atoms with E-state index in [1.165, 1.54) is 5.56 Å². The molecule has 2 atom stereocenters. The highest BCUT2D eigenvalue weighted by atomic mass is 127. The zero-order valence-corrected chi connectivity index (χ0v) is 14.9. The molecule has 1 N–H and O–H groups in total. The van der Waals surface area contributed by atoms with Crippen molar-refractivity contribution < 1.29 is 33.6 Å². The summed E-state index contributed by atoms with van der Waals surface area (Å²) in [6, 6.07) is 18.7. The molecule has 0 fully saturated rings. The smallest absolute Gasteiger partial charge is 0.164 e. The summed E-state index contributed by atoms with van der Waals surface area (Å²) in [5, 5.41) is 11.4. The van der Waals surface area contributed by atoms with Crippen LogP contribution in [-0.2, 0) is 5.60 Å². The topological polar surface area (TPSA) is 20.2 Å². The Morgan fingerprint density at radius 1 is 1.00 bits per heavy atom. The van der Waals surface area contributed by atoms with Gasteiger partial charge in [-0.1, -0.05) is 54.6 Å². The maximum Gasteiger partial charge on any atom is 0.164 e. The Labute approximate surface area is 144 Å². The lowest BCUT2D eigenvalue weighted by Crippen LogP contribution is -3.00. The van der Waals surface area contributed by atoms with Crippen molar-refractivity contribution in [3.8, 4) is 0 Å². The summed E-state index contributed by atoms with van der Waals surface area (Å²) in [4.78, 5) is 0. The zero-order valence-electron chi connectivity index (χ0n) is 12.8. The SMILES string of the molecule is C[C@@H]1c2ccccc2[C@](O)(c2ccccc2)C[N+]1(C)C.[I-]. The van der Waals surface area contributed by atoms with Gasteiger partial charge in [-0.25, -0.2) is 0 Å². The molecule has 112 valence electrons. The summed E-state index contributed by atoms with van der Waals surface area (Å²) >= 11 is 0. The fourth-order valence-electron chi connectivity index (χ4n) is 3.39. The van der Waals surface area contributed by atoms with E-state index in [2.05, 4.69) is 39.2 Å². The van der Waals surface area contributed by atoms with E-state index in [0.29, 0.717) is 12.6 Å². The largest absolute Gasteiger partial charge is 1.00 e. The molecule has 2 nitrogen and oxygen atoms in total. The van der Waals surface area contributed by atoms with Crippen LogP contribution >= 0.6 is 0 Å². The molecule has 0 unspecified atom stereocenters.